The molecular weight excluding hydrogens is 226 g/mol. The lowest BCUT2D eigenvalue weighted by Gasteiger charge is -2.02. The average Bonchev–Trinajstić information content (AvgIpc) is 2.66. The van der Waals surface area contributed by atoms with Crippen LogP contribution >= 0.6 is 11.8 Å². The van der Waals surface area contributed by atoms with Crippen LogP contribution in [0.1, 0.15) is 6.92 Å². The van der Waals surface area contributed by atoms with Crippen LogP contribution in [0, 0.1) is 0 Å². The molecule has 0 aliphatic rings. The topological polar surface area (TPSA) is 81.4 Å². The molecule has 2 aromatic rings. The van der Waals surface area contributed by atoms with Crippen molar-refractivity contribution >= 4 is 17.7 Å². The van der Waals surface area contributed by atoms with E-state index in [0.29, 0.717) is 11.1 Å². The Hall–Kier alpha value is -1.70. The third-order valence-corrected chi connectivity index (χ3v) is 2.71. The lowest BCUT2D eigenvalue weighted by molar-refractivity contribution is 0.664. The number of rotatable bonds is 4. The third-order valence-electron chi connectivity index (χ3n) is 1.74. The highest BCUT2D eigenvalue weighted by atomic mass is 32.2. The zero-order valence-corrected chi connectivity index (χ0v) is 9.77. The molecule has 0 aliphatic carbocycles. The van der Waals surface area contributed by atoms with Crippen LogP contribution in [0.5, 0.6) is 0 Å². The molecular formula is C8H11N7S. The number of tetrazole rings is 1. The molecule has 1 N–H and O–H groups in total. The van der Waals surface area contributed by atoms with Crippen molar-refractivity contribution in [3.05, 3.63) is 12.3 Å². The Labute approximate surface area is 96.7 Å². The van der Waals surface area contributed by atoms with Gasteiger partial charge in [-0.05, 0) is 35.2 Å². The SMILES string of the molecule is CCNc1nccc(Sc2nnnn2C)n1. The third kappa shape index (κ3) is 2.45. The molecule has 2 aromatic heterocycles. The van der Waals surface area contributed by atoms with E-state index in [0.717, 1.165) is 11.6 Å². The first-order valence-corrected chi connectivity index (χ1v) is 5.58. The van der Waals surface area contributed by atoms with E-state index in [9.17, 15) is 0 Å². The molecule has 2 heterocycles. The van der Waals surface area contributed by atoms with Gasteiger partial charge in [-0.25, -0.2) is 14.6 Å². The van der Waals surface area contributed by atoms with E-state index in [-0.39, 0.29) is 0 Å². The second-order valence-corrected chi connectivity index (χ2v) is 3.92. The minimum Gasteiger partial charge on any atom is -0.354 e. The fourth-order valence-corrected chi connectivity index (χ4v) is 1.74. The van der Waals surface area contributed by atoms with Gasteiger partial charge in [-0.15, -0.1) is 5.10 Å². The van der Waals surface area contributed by atoms with E-state index in [1.807, 2.05) is 13.0 Å². The molecule has 0 spiro atoms. The van der Waals surface area contributed by atoms with Gasteiger partial charge in [0.05, 0.1) is 0 Å². The summed E-state index contributed by atoms with van der Waals surface area (Å²) in [6.07, 6.45) is 1.71. The average molecular weight is 237 g/mol. The molecule has 0 radical (unpaired) electrons. The van der Waals surface area contributed by atoms with E-state index >= 15 is 0 Å². The largest absolute Gasteiger partial charge is 0.354 e. The summed E-state index contributed by atoms with van der Waals surface area (Å²) in [7, 11) is 1.79. The van der Waals surface area contributed by atoms with Gasteiger partial charge in [0.1, 0.15) is 5.03 Å². The quantitative estimate of drug-likeness (QED) is 0.779. The first-order chi connectivity index (χ1) is 7.79. The molecule has 2 rings (SSSR count). The number of aromatic nitrogens is 6. The standard InChI is InChI=1S/C8H11N7S/c1-3-9-7-10-5-4-6(11-7)16-8-12-13-14-15(8)2/h4-5H,3H2,1-2H3,(H,9,10,11). The summed E-state index contributed by atoms with van der Waals surface area (Å²) in [6.45, 7) is 2.79. The van der Waals surface area contributed by atoms with E-state index in [1.165, 1.54) is 11.8 Å². The molecule has 0 saturated heterocycles. The molecule has 84 valence electrons. The van der Waals surface area contributed by atoms with Crippen LogP contribution in [0.15, 0.2) is 22.4 Å². The summed E-state index contributed by atoms with van der Waals surface area (Å²) < 4.78 is 1.60. The van der Waals surface area contributed by atoms with Gasteiger partial charge in [-0.1, -0.05) is 0 Å². The number of hydrogen-bond donors (Lipinski definition) is 1. The van der Waals surface area contributed by atoms with Crippen LogP contribution < -0.4 is 5.32 Å². The van der Waals surface area contributed by atoms with Crippen molar-refractivity contribution in [2.75, 3.05) is 11.9 Å². The van der Waals surface area contributed by atoms with Gasteiger partial charge in [-0.3, -0.25) is 0 Å². The van der Waals surface area contributed by atoms with Crippen molar-refractivity contribution < 1.29 is 0 Å². The Balaban J connectivity index is 2.15. The van der Waals surface area contributed by atoms with Crippen LogP contribution in [0.3, 0.4) is 0 Å². The number of nitrogens with one attached hydrogen (secondary N) is 1. The number of anilines is 1. The maximum Gasteiger partial charge on any atom is 0.223 e. The van der Waals surface area contributed by atoms with Crippen molar-refractivity contribution in [2.45, 2.75) is 17.1 Å². The van der Waals surface area contributed by atoms with Crippen molar-refractivity contribution in [1.29, 1.82) is 0 Å². The monoisotopic (exact) mass is 237 g/mol. The second-order valence-electron chi connectivity index (χ2n) is 2.94. The van der Waals surface area contributed by atoms with Gasteiger partial charge in [0.2, 0.25) is 11.1 Å². The molecule has 0 saturated carbocycles. The van der Waals surface area contributed by atoms with Crippen molar-refractivity contribution in [3.63, 3.8) is 0 Å². The maximum atomic E-state index is 4.31. The number of aryl methyl sites for hydroxylation is 1. The summed E-state index contributed by atoms with van der Waals surface area (Å²) in [5.41, 5.74) is 0. The molecule has 0 aromatic carbocycles. The Morgan fingerprint density at radius 2 is 2.38 bits per heavy atom. The van der Waals surface area contributed by atoms with Gasteiger partial charge in [0.15, 0.2) is 0 Å². The molecule has 16 heavy (non-hydrogen) atoms. The fourth-order valence-electron chi connectivity index (χ4n) is 1.04. The van der Waals surface area contributed by atoms with E-state index in [2.05, 4.69) is 30.8 Å². The lowest BCUT2D eigenvalue weighted by Crippen LogP contribution is -2.02. The second kappa shape index (κ2) is 4.88. The van der Waals surface area contributed by atoms with E-state index < -0.39 is 0 Å². The highest BCUT2D eigenvalue weighted by Gasteiger charge is 2.06. The predicted molar refractivity (Wildman–Crippen MR) is 59.1 cm³/mol. The van der Waals surface area contributed by atoms with Crippen molar-refractivity contribution in [2.24, 2.45) is 7.05 Å². The van der Waals surface area contributed by atoms with E-state index in [1.54, 1.807) is 17.9 Å². The van der Waals surface area contributed by atoms with Crippen molar-refractivity contribution in [1.82, 2.24) is 30.2 Å². The highest BCUT2D eigenvalue weighted by Crippen LogP contribution is 2.22. The summed E-state index contributed by atoms with van der Waals surface area (Å²) in [6, 6.07) is 1.82. The Bertz CT molecular complexity index is 469. The normalized spacial score (nSPS) is 10.4. The van der Waals surface area contributed by atoms with Crippen LogP contribution in [-0.4, -0.2) is 36.7 Å². The fraction of sp³-hybridized carbons (Fsp3) is 0.375. The summed E-state index contributed by atoms with van der Waals surface area (Å²) in [5.74, 6) is 0.614. The molecule has 0 atom stereocenters. The summed E-state index contributed by atoms with van der Waals surface area (Å²) >= 11 is 1.40. The molecule has 0 amide bonds. The molecule has 8 heteroatoms. The molecule has 0 fully saturated rings. The summed E-state index contributed by atoms with van der Waals surface area (Å²) in [5, 5.41) is 15.7. The highest BCUT2D eigenvalue weighted by molar-refractivity contribution is 7.99. The zero-order chi connectivity index (χ0) is 11.4. The Morgan fingerprint density at radius 3 is 3.06 bits per heavy atom. The zero-order valence-electron chi connectivity index (χ0n) is 8.95. The van der Waals surface area contributed by atoms with Crippen molar-refractivity contribution in [3.8, 4) is 0 Å². The Morgan fingerprint density at radius 1 is 1.50 bits per heavy atom. The minimum atomic E-state index is 0.614. The first kappa shape index (κ1) is 10.8. The first-order valence-electron chi connectivity index (χ1n) is 4.76. The van der Waals surface area contributed by atoms with Crippen LogP contribution in [-0.2, 0) is 7.05 Å². The maximum absolute atomic E-state index is 4.31. The van der Waals surface area contributed by atoms with Gasteiger partial charge >= 0.3 is 0 Å². The predicted octanol–water partition coefficient (Wildman–Crippen LogP) is 0.583. The molecule has 0 unspecified atom stereocenters. The van der Waals surface area contributed by atoms with Gasteiger partial charge in [0.25, 0.3) is 0 Å². The van der Waals surface area contributed by atoms with Gasteiger partial charge < -0.3 is 5.32 Å². The Kier molecular flexibility index (Phi) is 3.30. The lowest BCUT2D eigenvalue weighted by atomic mass is 10.6. The van der Waals surface area contributed by atoms with Gasteiger partial charge in [0, 0.05) is 19.8 Å². The van der Waals surface area contributed by atoms with Crippen LogP contribution in [0.25, 0.3) is 0 Å². The molecule has 0 aliphatic heterocycles. The van der Waals surface area contributed by atoms with Crippen LogP contribution in [0.2, 0.25) is 0 Å². The van der Waals surface area contributed by atoms with Crippen LogP contribution in [0.4, 0.5) is 5.95 Å². The minimum absolute atomic E-state index is 0.614. The van der Waals surface area contributed by atoms with E-state index in [4.69, 9.17) is 0 Å². The molecule has 7 nitrogen and oxygen atoms in total. The van der Waals surface area contributed by atoms with Gasteiger partial charge in [-0.2, -0.15) is 0 Å². The molecule has 0 bridgehead atoms. The number of nitrogens with zero attached hydrogens (tertiary/aromatic N) is 6. The summed E-state index contributed by atoms with van der Waals surface area (Å²) in [4.78, 5) is 8.40. The smallest absolute Gasteiger partial charge is 0.223 e. The number of hydrogen-bond acceptors (Lipinski definition) is 7.